The van der Waals surface area contributed by atoms with Crippen molar-refractivity contribution in [1.29, 1.82) is 0 Å². The molecule has 152 valence electrons. The van der Waals surface area contributed by atoms with Crippen molar-refractivity contribution >= 4 is 32.5 Å². The number of aryl methyl sites for hydroxylation is 1. The molecule has 0 saturated heterocycles. The van der Waals surface area contributed by atoms with Crippen LogP contribution in [0.3, 0.4) is 0 Å². The minimum atomic E-state index is -3.32. The average Bonchev–Trinajstić information content (AvgIpc) is 3.18. The Morgan fingerprint density at radius 1 is 1.03 bits per heavy atom. The van der Waals surface area contributed by atoms with Gasteiger partial charge in [0.25, 0.3) is 5.91 Å². The molecule has 30 heavy (non-hydrogen) atoms. The predicted molar refractivity (Wildman–Crippen MR) is 116 cm³/mol. The van der Waals surface area contributed by atoms with Gasteiger partial charge >= 0.3 is 0 Å². The molecule has 3 aromatic carbocycles. The van der Waals surface area contributed by atoms with Gasteiger partial charge in [0, 0.05) is 16.8 Å². The summed E-state index contributed by atoms with van der Waals surface area (Å²) in [6, 6.07) is 19.2. The first-order valence-electron chi connectivity index (χ1n) is 9.48. The van der Waals surface area contributed by atoms with Crippen molar-refractivity contribution in [3.8, 4) is 11.5 Å². The van der Waals surface area contributed by atoms with Crippen molar-refractivity contribution in [1.82, 2.24) is 4.98 Å². The fraction of sp³-hybridized carbons (Fsp3) is 0.130. The molecule has 0 fully saturated rings. The Kier molecular flexibility index (Phi) is 5.13. The van der Waals surface area contributed by atoms with Crippen LogP contribution >= 0.6 is 0 Å². The molecule has 7 heteroatoms. The zero-order valence-corrected chi connectivity index (χ0v) is 17.4. The molecule has 0 aliphatic carbocycles. The van der Waals surface area contributed by atoms with Crippen LogP contribution in [0.25, 0.3) is 22.6 Å². The number of carbonyl (C=O) groups is 1. The summed E-state index contributed by atoms with van der Waals surface area (Å²) in [4.78, 5) is 17.2. The highest BCUT2D eigenvalue weighted by atomic mass is 32.2. The Labute approximate surface area is 174 Å². The number of rotatable bonds is 5. The van der Waals surface area contributed by atoms with Gasteiger partial charge in [0.05, 0.1) is 10.6 Å². The molecule has 0 bridgehead atoms. The van der Waals surface area contributed by atoms with Gasteiger partial charge in [0.1, 0.15) is 5.52 Å². The number of fused-ring (bicyclic) bond motifs is 1. The van der Waals surface area contributed by atoms with E-state index in [1.165, 1.54) is 12.1 Å². The third-order valence-corrected chi connectivity index (χ3v) is 6.59. The molecular weight excluding hydrogens is 400 g/mol. The van der Waals surface area contributed by atoms with Gasteiger partial charge in [-0.25, -0.2) is 13.4 Å². The number of nitrogens with one attached hydrogen (secondary N) is 1. The minimum absolute atomic E-state index is 0.0197. The molecule has 1 aromatic heterocycles. The number of sulfone groups is 1. The summed E-state index contributed by atoms with van der Waals surface area (Å²) in [5, 5.41) is 2.89. The van der Waals surface area contributed by atoms with Crippen molar-refractivity contribution in [2.75, 3.05) is 11.1 Å². The second-order valence-corrected chi connectivity index (χ2v) is 9.18. The molecule has 6 nitrogen and oxygen atoms in total. The highest BCUT2D eigenvalue weighted by Crippen LogP contribution is 2.28. The van der Waals surface area contributed by atoms with Gasteiger partial charge in [-0.3, -0.25) is 4.79 Å². The van der Waals surface area contributed by atoms with Crippen molar-refractivity contribution < 1.29 is 17.6 Å². The number of amides is 1. The van der Waals surface area contributed by atoms with Crippen LogP contribution in [0.1, 0.15) is 22.8 Å². The number of anilines is 1. The van der Waals surface area contributed by atoms with Gasteiger partial charge in [-0.2, -0.15) is 0 Å². The number of benzene rings is 3. The van der Waals surface area contributed by atoms with E-state index in [4.69, 9.17) is 4.42 Å². The first-order chi connectivity index (χ1) is 14.4. The molecular formula is C23H20N2O4S. The standard InChI is InChI=1S/C23H20N2O4S/c1-3-30(27,28)18-11-12-21-20(14-18)25-23(29-21)16-8-6-9-17(13-16)24-22(26)19-10-5-4-7-15(19)2/h4-14H,3H2,1-2H3,(H,24,26). The van der Waals surface area contributed by atoms with Gasteiger partial charge in [0.2, 0.25) is 5.89 Å². The Hall–Kier alpha value is -3.45. The highest BCUT2D eigenvalue weighted by Gasteiger charge is 2.16. The van der Waals surface area contributed by atoms with Gasteiger partial charge in [-0.15, -0.1) is 0 Å². The molecule has 1 heterocycles. The molecule has 0 unspecified atom stereocenters. The Balaban J connectivity index is 1.64. The number of oxazole rings is 1. The zero-order chi connectivity index (χ0) is 21.3. The van der Waals surface area contributed by atoms with Crippen LogP contribution in [0.2, 0.25) is 0 Å². The summed E-state index contributed by atoms with van der Waals surface area (Å²) in [5.74, 6) is 0.173. The van der Waals surface area contributed by atoms with E-state index in [9.17, 15) is 13.2 Å². The molecule has 0 aliphatic heterocycles. The first-order valence-corrected chi connectivity index (χ1v) is 11.1. The van der Waals surface area contributed by atoms with Crippen LogP contribution in [0.15, 0.2) is 76.0 Å². The Morgan fingerprint density at radius 2 is 1.83 bits per heavy atom. The Morgan fingerprint density at radius 3 is 2.60 bits per heavy atom. The number of hydrogen-bond acceptors (Lipinski definition) is 5. The normalized spacial score (nSPS) is 11.5. The van der Waals surface area contributed by atoms with Crippen LogP contribution in [-0.4, -0.2) is 25.1 Å². The summed E-state index contributed by atoms with van der Waals surface area (Å²) < 4.78 is 30.0. The van der Waals surface area contributed by atoms with Gasteiger partial charge in [0.15, 0.2) is 15.4 Å². The summed E-state index contributed by atoms with van der Waals surface area (Å²) in [6.07, 6.45) is 0. The predicted octanol–water partition coefficient (Wildman–Crippen LogP) is 4.85. The van der Waals surface area contributed by atoms with E-state index in [0.717, 1.165) is 5.56 Å². The highest BCUT2D eigenvalue weighted by molar-refractivity contribution is 7.91. The van der Waals surface area contributed by atoms with Gasteiger partial charge in [-0.1, -0.05) is 31.2 Å². The van der Waals surface area contributed by atoms with E-state index in [1.807, 2.05) is 31.2 Å². The number of nitrogens with zero attached hydrogens (tertiary/aromatic N) is 1. The number of hydrogen-bond donors (Lipinski definition) is 1. The fourth-order valence-corrected chi connectivity index (χ4v) is 4.05. The third kappa shape index (κ3) is 3.84. The van der Waals surface area contributed by atoms with E-state index in [-0.39, 0.29) is 16.6 Å². The summed E-state index contributed by atoms with van der Waals surface area (Å²) >= 11 is 0. The van der Waals surface area contributed by atoms with Crippen molar-refractivity contribution in [3.63, 3.8) is 0 Å². The quantitative estimate of drug-likeness (QED) is 0.499. The zero-order valence-electron chi connectivity index (χ0n) is 16.5. The van der Waals surface area contributed by atoms with Crippen LogP contribution in [0.5, 0.6) is 0 Å². The molecule has 0 saturated carbocycles. The second kappa shape index (κ2) is 7.76. The maximum atomic E-state index is 12.6. The van der Waals surface area contributed by atoms with Crippen LogP contribution < -0.4 is 5.32 Å². The molecule has 0 aliphatic rings. The number of carbonyl (C=O) groups excluding carboxylic acids is 1. The lowest BCUT2D eigenvalue weighted by Crippen LogP contribution is -2.13. The van der Waals surface area contributed by atoms with E-state index in [1.54, 1.807) is 37.3 Å². The van der Waals surface area contributed by atoms with Crippen LogP contribution in [0.4, 0.5) is 5.69 Å². The summed E-state index contributed by atoms with van der Waals surface area (Å²) in [6.45, 7) is 3.49. The van der Waals surface area contributed by atoms with Gasteiger partial charge in [-0.05, 0) is 55.0 Å². The van der Waals surface area contributed by atoms with Crippen molar-refractivity contribution in [2.45, 2.75) is 18.7 Å². The lowest BCUT2D eigenvalue weighted by molar-refractivity contribution is 0.102. The maximum Gasteiger partial charge on any atom is 0.255 e. The largest absolute Gasteiger partial charge is 0.436 e. The van der Waals surface area contributed by atoms with Crippen LogP contribution in [0, 0.1) is 6.92 Å². The smallest absolute Gasteiger partial charge is 0.255 e. The Bertz CT molecular complexity index is 1360. The molecule has 1 N–H and O–H groups in total. The maximum absolute atomic E-state index is 12.6. The van der Waals surface area contributed by atoms with Crippen LogP contribution in [-0.2, 0) is 9.84 Å². The second-order valence-electron chi connectivity index (χ2n) is 6.90. The van der Waals surface area contributed by atoms with E-state index < -0.39 is 9.84 Å². The minimum Gasteiger partial charge on any atom is -0.436 e. The third-order valence-electron chi connectivity index (χ3n) is 4.86. The van der Waals surface area contributed by atoms with E-state index in [0.29, 0.717) is 33.8 Å². The first kappa shape index (κ1) is 19.8. The monoisotopic (exact) mass is 420 g/mol. The molecule has 1 amide bonds. The molecule has 4 aromatic rings. The molecule has 4 rings (SSSR count). The van der Waals surface area contributed by atoms with Crippen molar-refractivity contribution in [2.24, 2.45) is 0 Å². The van der Waals surface area contributed by atoms with E-state index >= 15 is 0 Å². The molecule has 0 atom stereocenters. The van der Waals surface area contributed by atoms with Gasteiger partial charge < -0.3 is 9.73 Å². The van der Waals surface area contributed by atoms with E-state index in [2.05, 4.69) is 10.3 Å². The average molecular weight is 420 g/mol. The topological polar surface area (TPSA) is 89.3 Å². The fourth-order valence-electron chi connectivity index (χ4n) is 3.15. The lowest BCUT2D eigenvalue weighted by Gasteiger charge is -2.08. The SMILES string of the molecule is CCS(=O)(=O)c1ccc2oc(-c3cccc(NC(=O)c4ccccc4C)c3)nc2c1. The lowest BCUT2D eigenvalue weighted by atomic mass is 10.1. The summed E-state index contributed by atoms with van der Waals surface area (Å²) in [5.41, 5.74) is 3.74. The number of aromatic nitrogens is 1. The molecule has 0 radical (unpaired) electrons. The van der Waals surface area contributed by atoms with Crippen molar-refractivity contribution in [3.05, 3.63) is 77.9 Å². The molecule has 0 spiro atoms. The summed E-state index contributed by atoms with van der Waals surface area (Å²) in [7, 11) is -3.32.